The summed E-state index contributed by atoms with van der Waals surface area (Å²) in [5.41, 5.74) is 1.20. The van der Waals surface area contributed by atoms with Crippen LogP contribution in [0.5, 0.6) is 0 Å². The third-order valence-corrected chi connectivity index (χ3v) is 6.81. The summed E-state index contributed by atoms with van der Waals surface area (Å²) in [5, 5.41) is 0. The van der Waals surface area contributed by atoms with Crippen LogP contribution in [0.2, 0.25) is 0 Å². The summed E-state index contributed by atoms with van der Waals surface area (Å²) in [6.45, 7) is 5.31. The van der Waals surface area contributed by atoms with Crippen molar-refractivity contribution in [2.45, 2.75) is 57.5 Å². The second-order valence-electron chi connectivity index (χ2n) is 8.62. The fraction of sp³-hybridized carbons (Fsp3) is 0.652. The van der Waals surface area contributed by atoms with E-state index in [0.29, 0.717) is 24.3 Å². The number of amides is 2. The lowest BCUT2D eigenvalue weighted by molar-refractivity contribution is -0.138. The van der Waals surface area contributed by atoms with Crippen LogP contribution in [-0.4, -0.2) is 65.3 Å². The predicted molar refractivity (Wildman–Crippen MR) is 110 cm³/mol. The highest BCUT2D eigenvalue weighted by Gasteiger charge is 2.32. The molecule has 2 amide bonds. The van der Waals surface area contributed by atoms with Crippen molar-refractivity contribution in [3.63, 3.8) is 0 Å². The van der Waals surface area contributed by atoms with E-state index in [-0.39, 0.29) is 5.91 Å². The summed E-state index contributed by atoms with van der Waals surface area (Å²) in [4.78, 5) is 31.9. The number of nitrogens with zero attached hydrogens (tertiary/aromatic N) is 3. The van der Waals surface area contributed by atoms with Crippen LogP contribution in [-0.2, 0) is 16.1 Å². The van der Waals surface area contributed by atoms with Gasteiger partial charge in [0.05, 0.1) is 0 Å². The zero-order valence-corrected chi connectivity index (χ0v) is 16.9. The summed E-state index contributed by atoms with van der Waals surface area (Å²) in [5.74, 6) is 0.967. The third kappa shape index (κ3) is 4.57. The maximum Gasteiger partial charge on any atom is 0.225 e. The summed E-state index contributed by atoms with van der Waals surface area (Å²) >= 11 is 0. The first-order valence-corrected chi connectivity index (χ1v) is 11.1. The van der Waals surface area contributed by atoms with Crippen molar-refractivity contribution in [3.05, 3.63) is 35.9 Å². The van der Waals surface area contributed by atoms with Gasteiger partial charge in [0.25, 0.3) is 0 Å². The van der Waals surface area contributed by atoms with E-state index in [1.807, 2.05) is 23.1 Å². The Labute approximate surface area is 168 Å². The summed E-state index contributed by atoms with van der Waals surface area (Å²) in [6, 6.07) is 10.7. The van der Waals surface area contributed by atoms with E-state index >= 15 is 0 Å². The van der Waals surface area contributed by atoms with Gasteiger partial charge in [0.2, 0.25) is 11.8 Å². The van der Waals surface area contributed by atoms with Crippen molar-refractivity contribution in [2.75, 3.05) is 32.7 Å². The van der Waals surface area contributed by atoms with Gasteiger partial charge in [-0.05, 0) is 37.7 Å². The lowest BCUT2D eigenvalue weighted by Gasteiger charge is -2.32. The number of likely N-dealkylation sites (tertiary alicyclic amines) is 1. The molecule has 0 bridgehead atoms. The van der Waals surface area contributed by atoms with E-state index in [4.69, 9.17) is 0 Å². The molecule has 2 aliphatic heterocycles. The number of carbonyl (C=O) groups is 2. The smallest absolute Gasteiger partial charge is 0.225 e. The molecule has 0 aromatic heterocycles. The molecule has 2 saturated heterocycles. The molecule has 3 aliphatic rings. The standard InChI is InChI=1S/C23H33N3O2/c27-22-11-10-21(12-15-26(22)18-19-6-2-1-3-7-19)24-13-5-14-25(17-16-24)23(28)20-8-4-9-20/h1-3,6-7,20-21H,4-5,8-18H2. The van der Waals surface area contributed by atoms with Gasteiger partial charge >= 0.3 is 0 Å². The number of hydrogen-bond acceptors (Lipinski definition) is 3. The van der Waals surface area contributed by atoms with Gasteiger partial charge in [-0.15, -0.1) is 0 Å². The van der Waals surface area contributed by atoms with Gasteiger partial charge in [-0.25, -0.2) is 0 Å². The second-order valence-corrected chi connectivity index (χ2v) is 8.62. The molecule has 1 aromatic rings. The summed E-state index contributed by atoms with van der Waals surface area (Å²) in [6.07, 6.45) is 7.05. The van der Waals surface area contributed by atoms with Crippen LogP contribution in [0.4, 0.5) is 0 Å². The zero-order chi connectivity index (χ0) is 19.3. The van der Waals surface area contributed by atoms with Gasteiger partial charge in [0.1, 0.15) is 0 Å². The minimum Gasteiger partial charge on any atom is -0.341 e. The van der Waals surface area contributed by atoms with Crippen molar-refractivity contribution in [1.82, 2.24) is 14.7 Å². The molecular formula is C23H33N3O2. The Bertz CT molecular complexity index is 674. The van der Waals surface area contributed by atoms with E-state index in [0.717, 1.165) is 71.4 Å². The minimum absolute atomic E-state index is 0.281. The molecule has 28 heavy (non-hydrogen) atoms. The van der Waals surface area contributed by atoms with Gasteiger partial charge in [0.15, 0.2) is 0 Å². The van der Waals surface area contributed by atoms with E-state index in [2.05, 4.69) is 21.9 Å². The maximum atomic E-state index is 12.6. The number of benzene rings is 1. The molecule has 0 spiro atoms. The van der Waals surface area contributed by atoms with Gasteiger partial charge < -0.3 is 9.80 Å². The van der Waals surface area contributed by atoms with Crippen molar-refractivity contribution in [3.8, 4) is 0 Å². The van der Waals surface area contributed by atoms with Gasteiger partial charge in [-0.2, -0.15) is 0 Å². The molecule has 4 rings (SSSR count). The normalized spacial score (nSPS) is 25.1. The first-order chi connectivity index (χ1) is 13.7. The highest BCUT2D eigenvalue weighted by Crippen LogP contribution is 2.29. The van der Waals surface area contributed by atoms with Crippen LogP contribution < -0.4 is 0 Å². The highest BCUT2D eigenvalue weighted by molar-refractivity contribution is 5.79. The Balaban J connectivity index is 1.31. The topological polar surface area (TPSA) is 43.9 Å². The Morgan fingerprint density at radius 2 is 1.71 bits per heavy atom. The molecule has 1 atom stereocenters. The highest BCUT2D eigenvalue weighted by atomic mass is 16.2. The van der Waals surface area contributed by atoms with Gasteiger partial charge in [-0.3, -0.25) is 14.5 Å². The molecule has 3 fully saturated rings. The molecule has 0 radical (unpaired) electrons. The van der Waals surface area contributed by atoms with Crippen molar-refractivity contribution >= 4 is 11.8 Å². The van der Waals surface area contributed by atoms with Crippen LogP contribution in [0.1, 0.15) is 50.5 Å². The molecule has 0 N–H and O–H groups in total. The fourth-order valence-corrected chi connectivity index (χ4v) is 4.79. The van der Waals surface area contributed by atoms with E-state index in [9.17, 15) is 9.59 Å². The average Bonchev–Trinajstić information content (AvgIpc) is 3.01. The van der Waals surface area contributed by atoms with Crippen molar-refractivity contribution in [2.24, 2.45) is 5.92 Å². The quantitative estimate of drug-likeness (QED) is 0.803. The first kappa shape index (κ1) is 19.4. The van der Waals surface area contributed by atoms with Gasteiger partial charge in [-0.1, -0.05) is 36.8 Å². The predicted octanol–water partition coefficient (Wildman–Crippen LogP) is 2.90. The van der Waals surface area contributed by atoms with E-state index < -0.39 is 0 Å². The van der Waals surface area contributed by atoms with Crippen molar-refractivity contribution < 1.29 is 9.59 Å². The van der Waals surface area contributed by atoms with Crippen molar-refractivity contribution in [1.29, 1.82) is 0 Å². The molecule has 1 unspecified atom stereocenters. The lowest BCUT2D eigenvalue weighted by atomic mass is 9.84. The molecule has 152 valence electrons. The Morgan fingerprint density at radius 3 is 2.46 bits per heavy atom. The monoisotopic (exact) mass is 383 g/mol. The van der Waals surface area contributed by atoms with Gasteiger partial charge in [0, 0.05) is 57.6 Å². The number of carbonyl (C=O) groups excluding carboxylic acids is 2. The Kier molecular flexibility index (Phi) is 6.30. The molecule has 1 aromatic carbocycles. The van der Waals surface area contributed by atoms with Crippen LogP contribution >= 0.6 is 0 Å². The van der Waals surface area contributed by atoms with Crippen LogP contribution in [0.3, 0.4) is 0 Å². The lowest BCUT2D eigenvalue weighted by Crippen LogP contribution is -2.42. The Morgan fingerprint density at radius 1 is 0.893 bits per heavy atom. The minimum atomic E-state index is 0.281. The van der Waals surface area contributed by atoms with Crippen LogP contribution in [0, 0.1) is 5.92 Å². The zero-order valence-electron chi connectivity index (χ0n) is 16.9. The molecule has 1 saturated carbocycles. The largest absolute Gasteiger partial charge is 0.341 e. The number of rotatable bonds is 4. The van der Waals surface area contributed by atoms with E-state index in [1.54, 1.807) is 0 Å². The molecular weight excluding hydrogens is 350 g/mol. The van der Waals surface area contributed by atoms with Crippen LogP contribution in [0.25, 0.3) is 0 Å². The fourth-order valence-electron chi connectivity index (χ4n) is 4.79. The molecule has 1 aliphatic carbocycles. The summed E-state index contributed by atoms with van der Waals surface area (Å²) < 4.78 is 0. The SMILES string of the molecule is O=C1CCC(N2CCCN(C(=O)C3CCC3)CC2)CCN1Cc1ccccc1. The molecule has 5 nitrogen and oxygen atoms in total. The third-order valence-electron chi connectivity index (χ3n) is 6.81. The van der Waals surface area contributed by atoms with Crippen LogP contribution in [0.15, 0.2) is 30.3 Å². The first-order valence-electron chi connectivity index (χ1n) is 11.1. The Hall–Kier alpha value is -1.88. The average molecular weight is 384 g/mol. The molecule has 2 heterocycles. The maximum absolute atomic E-state index is 12.6. The number of hydrogen-bond donors (Lipinski definition) is 0. The van der Waals surface area contributed by atoms with E-state index in [1.165, 1.54) is 12.0 Å². The summed E-state index contributed by atoms with van der Waals surface area (Å²) in [7, 11) is 0. The molecule has 5 heteroatoms. The second kappa shape index (κ2) is 9.08.